The molecule has 1 aliphatic rings. The lowest BCUT2D eigenvalue weighted by Crippen LogP contribution is -2.30. The van der Waals surface area contributed by atoms with Crippen LogP contribution in [-0.2, 0) is 22.4 Å². The van der Waals surface area contributed by atoms with Crippen molar-refractivity contribution in [1.82, 2.24) is 0 Å². The van der Waals surface area contributed by atoms with E-state index in [1.807, 2.05) is 6.07 Å². The van der Waals surface area contributed by atoms with E-state index >= 15 is 0 Å². The molecule has 0 aliphatic heterocycles. The van der Waals surface area contributed by atoms with Crippen LogP contribution >= 0.6 is 11.3 Å². The molecule has 1 amide bonds. The number of non-ortho nitro benzene ring substituents is 1. The summed E-state index contributed by atoms with van der Waals surface area (Å²) in [7, 11) is 1.39. The predicted octanol–water partition coefficient (Wildman–Crippen LogP) is 4.12. The van der Waals surface area contributed by atoms with Gasteiger partial charge < -0.3 is 14.8 Å². The van der Waals surface area contributed by atoms with Crippen molar-refractivity contribution in [3.05, 3.63) is 49.7 Å². The third-order valence-corrected chi connectivity index (χ3v) is 5.97. The van der Waals surface area contributed by atoms with Gasteiger partial charge in [0.05, 0.1) is 17.7 Å². The minimum absolute atomic E-state index is 0.137. The first kappa shape index (κ1) is 20.8. The second-order valence-corrected chi connectivity index (χ2v) is 7.93. The molecule has 1 atom stereocenters. The zero-order valence-electron chi connectivity index (χ0n) is 16.2. The van der Waals surface area contributed by atoms with Crippen LogP contribution in [0.25, 0.3) is 0 Å². The maximum absolute atomic E-state index is 12.5. The molecule has 1 unspecified atom stereocenters. The molecular weight excluding hydrogens is 396 g/mol. The number of rotatable bonds is 6. The average Bonchev–Trinajstić information content (AvgIpc) is 2.98. The zero-order valence-corrected chi connectivity index (χ0v) is 17.0. The number of hydrogen-bond donors (Lipinski definition) is 1. The van der Waals surface area contributed by atoms with Crippen molar-refractivity contribution >= 4 is 34.6 Å². The minimum atomic E-state index is -1.08. The molecule has 0 spiro atoms. The molecule has 1 heterocycles. The fourth-order valence-electron chi connectivity index (χ4n) is 3.18. The van der Waals surface area contributed by atoms with Crippen LogP contribution in [0.1, 0.15) is 46.3 Å². The van der Waals surface area contributed by atoms with Crippen LogP contribution in [0.3, 0.4) is 0 Å². The summed E-state index contributed by atoms with van der Waals surface area (Å²) >= 11 is 1.42. The molecule has 1 aliphatic carbocycles. The molecule has 2 aromatic rings. The third kappa shape index (κ3) is 4.92. The first-order valence-electron chi connectivity index (χ1n) is 9.35. The van der Waals surface area contributed by atoms with E-state index in [9.17, 15) is 19.7 Å². The summed E-state index contributed by atoms with van der Waals surface area (Å²) < 4.78 is 10.4. The molecule has 154 valence electrons. The maximum Gasteiger partial charge on any atom is 0.349 e. The van der Waals surface area contributed by atoms with E-state index in [1.54, 1.807) is 0 Å². The largest absolute Gasteiger partial charge is 0.495 e. The van der Waals surface area contributed by atoms with E-state index < -0.39 is 22.9 Å². The van der Waals surface area contributed by atoms with Gasteiger partial charge in [0.15, 0.2) is 6.10 Å². The van der Waals surface area contributed by atoms with Crippen molar-refractivity contribution in [3.8, 4) is 5.75 Å². The third-order valence-electron chi connectivity index (χ3n) is 4.75. The number of fused-ring (bicyclic) bond motifs is 1. The Balaban J connectivity index is 1.67. The van der Waals surface area contributed by atoms with E-state index in [4.69, 9.17) is 9.47 Å². The highest BCUT2D eigenvalue weighted by Gasteiger charge is 2.24. The first-order chi connectivity index (χ1) is 13.9. The molecule has 3 rings (SSSR count). The molecule has 8 nitrogen and oxygen atoms in total. The summed E-state index contributed by atoms with van der Waals surface area (Å²) in [6.07, 6.45) is 4.28. The number of esters is 1. The Labute approximate surface area is 172 Å². The Bertz CT molecular complexity index is 916. The van der Waals surface area contributed by atoms with Gasteiger partial charge in [-0.25, -0.2) is 4.79 Å². The molecule has 9 heteroatoms. The fraction of sp³-hybridized carbons (Fsp3) is 0.400. The molecule has 0 fully saturated rings. The highest BCUT2D eigenvalue weighted by Crippen LogP contribution is 2.31. The zero-order chi connectivity index (χ0) is 21.0. The second kappa shape index (κ2) is 9.04. The Kier molecular flexibility index (Phi) is 6.48. The minimum Gasteiger partial charge on any atom is -0.495 e. The number of carbonyl (C=O) groups excluding carboxylic acids is 2. The standard InChI is InChI=1S/C20H22N2O6S/c1-12(19(23)21-15-11-14(22(25)26)8-9-16(15)27-2)28-20(24)18-10-13-6-4-3-5-7-17(13)29-18/h8-12H,3-7H2,1-2H3,(H,21,23). The molecule has 29 heavy (non-hydrogen) atoms. The van der Waals surface area contributed by atoms with E-state index in [-0.39, 0.29) is 17.1 Å². The Hall–Kier alpha value is -2.94. The molecule has 0 radical (unpaired) electrons. The first-order valence-corrected chi connectivity index (χ1v) is 10.2. The van der Waals surface area contributed by atoms with Gasteiger partial charge in [-0.05, 0) is 50.3 Å². The topological polar surface area (TPSA) is 108 Å². The maximum atomic E-state index is 12.5. The molecule has 1 aromatic heterocycles. The molecule has 0 saturated heterocycles. The summed E-state index contributed by atoms with van der Waals surface area (Å²) in [6, 6.07) is 5.73. The molecule has 0 saturated carbocycles. The Morgan fingerprint density at radius 3 is 2.69 bits per heavy atom. The van der Waals surface area contributed by atoms with Crippen molar-refractivity contribution in [2.75, 3.05) is 12.4 Å². The van der Waals surface area contributed by atoms with Gasteiger partial charge in [-0.15, -0.1) is 11.3 Å². The number of amides is 1. The van der Waals surface area contributed by atoms with Crippen LogP contribution in [0.5, 0.6) is 5.75 Å². The van der Waals surface area contributed by atoms with Crippen LogP contribution < -0.4 is 10.1 Å². The van der Waals surface area contributed by atoms with Crippen LogP contribution in [0.2, 0.25) is 0 Å². The van der Waals surface area contributed by atoms with Gasteiger partial charge in [-0.3, -0.25) is 14.9 Å². The highest BCUT2D eigenvalue weighted by molar-refractivity contribution is 7.14. The Morgan fingerprint density at radius 1 is 1.21 bits per heavy atom. The number of carbonyl (C=O) groups is 2. The summed E-state index contributed by atoms with van der Waals surface area (Å²) in [5.74, 6) is -0.878. The number of benzene rings is 1. The summed E-state index contributed by atoms with van der Waals surface area (Å²) in [6.45, 7) is 1.45. The summed E-state index contributed by atoms with van der Waals surface area (Å²) in [4.78, 5) is 37.0. The summed E-state index contributed by atoms with van der Waals surface area (Å²) in [5.41, 5.74) is 1.14. The number of nitro benzene ring substituents is 1. The lowest BCUT2D eigenvalue weighted by Gasteiger charge is -2.14. The number of methoxy groups -OCH3 is 1. The molecule has 0 bridgehead atoms. The molecule has 1 N–H and O–H groups in total. The Morgan fingerprint density at radius 2 is 1.97 bits per heavy atom. The monoisotopic (exact) mass is 418 g/mol. The van der Waals surface area contributed by atoms with Crippen molar-refractivity contribution in [3.63, 3.8) is 0 Å². The molecule has 1 aromatic carbocycles. The quantitative estimate of drug-likeness (QED) is 0.327. The number of anilines is 1. The van der Waals surface area contributed by atoms with Gasteiger partial charge in [0.25, 0.3) is 11.6 Å². The van der Waals surface area contributed by atoms with Crippen molar-refractivity contribution in [2.24, 2.45) is 0 Å². The van der Waals surface area contributed by atoms with Gasteiger partial charge in [-0.2, -0.15) is 0 Å². The second-order valence-electron chi connectivity index (χ2n) is 6.80. The number of nitrogens with zero attached hydrogens (tertiary/aromatic N) is 1. The number of aryl methyl sites for hydroxylation is 2. The summed E-state index contributed by atoms with van der Waals surface area (Å²) in [5, 5.41) is 13.5. The van der Waals surface area contributed by atoms with E-state index in [1.165, 1.54) is 60.4 Å². The van der Waals surface area contributed by atoms with Crippen LogP contribution in [-0.4, -0.2) is 30.0 Å². The van der Waals surface area contributed by atoms with Gasteiger partial charge in [0.1, 0.15) is 10.6 Å². The number of hydrogen-bond acceptors (Lipinski definition) is 7. The number of nitrogens with one attached hydrogen (secondary N) is 1. The predicted molar refractivity (Wildman–Crippen MR) is 109 cm³/mol. The molecular formula is C20H22N2O6S. The average molecular weight is 418 g/mol. The van der Waals surface area contributed by atoms with Gasteiger partial charge in [0, 0.05) is 17.0 Å². The number of nitro groups is 1. The van der Waals surface area contributed by atoms with Crippen LogP contribution in [0.4, 0.5) is 11.4 Å². The number of ether oxygens (including phenoxy) is 2. The van der Waals surface area contributed by atoms with Gasteiger partial charge in [-0.1, -0.05) is 6.42 Å². The fourth-order valence-corrected chi connectivity index (χ4v) is 4.32. The van der Waals surface area contributed by atoms with E-state index in [2.05, 4.69) is 5.32 Å². The van der Waals surface area contributed by atoms with Crippen molar-refractivity contribution in [1.29, 1.82) is 0 Å². The smallest absolute Gasteiger partial charge is 0.349 e. The lowest BCUT2D eigenvalue weighted by atomic mass is 10.1. The van der Waals surface area contributed by atoms with Crippen LogP contribution in [0, 0.1) is 10.1 Å². The van der Waals surface area contributed by atoms with Gasteiger partial charge in [0.2, 0.25) is 0 Å². The van der Waals surface area contributed by atoms with E-state index in [0.29, 0.717) is 4.88 Å². The van der Waals surface area contributed by atoms with E-state index in [0.717, 1.165) is 25.7 Å². The highest BCUT2D eigenvalue weighted by atomic mass is 32.1. The SMILES string of the molecule is COc1ccc([N+](=O)[O-])cc1NC(=O)C(C)OC(=O)c1cc2c(s1)CCCCC2. The van der Waals surface area contributed by atoms with Gasteiger partial charge >= 0.3 is 5.97 Å². The van der Waals surface area contributed by atoms with Crippen LogP contribution in [0.15, 0.2) is 24.3 Å². The lowest BCUT2D eigenvalue weighted by molar-refractivity contribution is -0.384. The van der Waals surface area contributed by atoms with Crippen molar-refractivity contribution in [2.45, 2.75) is 45.1 Å². The number of thiophene rings is 1. The van der Waals surface area contributed by atoms with Crippen molar-refractivity contribution < 1.29 is 24.0 Å². The normalized spacial score (nSPS) is 14.3.